The number of hydrogen-bond donors (Lipinski definition) is 2. The van der Waals surface area contributed by atoms with Crippen molar-refractivity contribution in [3.8, 4) is 0 Å². The predicted octanol–water partition coefficient (Wildman–Crippen LogP) is 2.56. The molecular formula is C11H10BrCl2N5O. The summed E-state index contributed by atoms with van der Waals surface area (Å²) >= 11 is 15.3. The molecule has 0 spiro atoms. The molecule has 0 aliphatic heterocycles. The Balaban J connectivity index is 2.17. The lowest BCUT2D eigenvalue weighted by Gasteiger charge is -2.07. The summed E-state index contributed by atoms with van der Waals surface area (Å²) in [4.78, 5) is 12.0. The maximum atomic E-state index is 12.0. The largest absolute Gasteiger partial charge is 0.329 e. The van der Waals surface area contributed by atoms with Crippen LogP contribution in [0.15, 0.2) is 22.8 Å². The summed E-state index contributed by atoms with van der Waals surface area (Å²) in [5.41, 5.74) is 5.97. The van der Waals surface area contributed by atoms with Crippen molar-refractivity contribution in [2.24, 2.45) is 5.73 Å². The van der Waals surface area contributed by atoms with Gasteiger partial charge in [0.1, 0.15) is 0 Å². The molecule has 0 bridgehead atoms. The number of rotatable bonds is 4. The molecule has 1 amide bonds. The first kappa shape index (κ1) is 15.2. The second-order valence-corrected chi connectivity index (χ2v) is 5.44. The summed E-state index contributed by atoms with van der Waals surface area (Å²) < 4.78 is 2.14. The van der Waals surface area contributed by atoms with E-state index in [-0.39, 0.29) is 10.7 Å². The molecule has 2 rings (SSSR count). The van der Waals surface area contributed by atoms with Crippen LogP contribution in [0.2, 0.25) is 10.0 Å². The van der Waals surface area contributed by atoms with Crippen molar-refractivity contribution in [1.29, 1.82) is 0 Å². The number of nitrogens with one attached hydrogen (secondary N) is 1. The molecule has 1 aromatic carbocycles. The maximum absolute atomic E-state index is 12.0. The minimum Gasteiger partial charge on any atom is -0.329 e. The van der Waals surface area contributed by atoms with Gasteiger partial charge in [0, 0.05) is 11.0 Å². The van der Waals surface area contributed by atoms with E-state index in [2.05, 4.69) is 31.6 Å². The minimum atomic E-state index is -0.423. The first-order valence-electron chi connectivity index (χ1n) is 5.58. The van der Waals surface area contributed by atoms with Crippen molar-refractivity contribution in [2.75, 3.05) is 11.9 Å². The smallest absolute Gasteiger partial charge is 0.277 e. The van der Waals surface area contributed by atoms with Crippen molar-refractivity contribution < 1.29 is 4.79 Å². The number of hydrogen-bond acceptors (Lipinski definition) is 4. The zero-order valence-electron chi connectivity index (χ0n) is 10.1. The lowest BCUT2D eigenvalue weighted by Crippen LogP contribution is -2.13. The fourth-order valence-electron chi connectivity index (χ4n) is 1.45. The van der Waals surface area contributed by atoms with Crippen LogP contribution in [0.25, 0.3) is 0 Å². The average Bonchev–Trinajstić information content (AvgIpc) is 2.88. The summed E-state index contributed by atoms with van der Waals surface area (Å²) in [5.74, 6) is -0.423. The van der Waals surface area contributed by atoms with Gasteiger partial charge in [0.25, 0.3) is 5.91 Å². The number of carbonyl (C=O) groups excluding carboxylic acids is 1. The standard InChI is InChI=1S/C11H10BrCl2N5O/c12-6-1-2-7(10(14)9(6)13)16-11(20)8-5-19(4-3-15)18-17-8/h1-2,5H,3-4,15H2,(H,16,20). The fraction of sp³-hybridized carbons (Fsp3) is 0.182. The Bertz CT molecular complexity index is 646. The van der Waals surface area contributed by atoms with Crippen LogP contribution in [0.3, 0.4) is 0 Å². The summed E-state index contributed by atoms with van der Waals surface area (Å²) in [6.07, 6.45) is 1.51. The quantitative estimate of drug-likeness (QED) is 0.800. The monoisotopic (exact) mass is 377 g/mol. The third-order valence-electron chi connectivity index (χ3n) is 2.41. The number of carbonyl (C=O) groups is 1. The highest BCUT2D eigenvalue weighted by Crippen LogP contribution is 2.35. The molecule has 0 fully saturated rings. The SMILES string of the molecule is NCCn1cc(C(=O)Nc2ccc(Br)c(Cl)c2Cl)nn1. The average molecular weight is 379 g/mol. The van der Waals surface area contributed by atoms with Gasteiger partial charge < -0.3 is 11.1 Å². The van der Waals surface area contributed by atoms with Crippen molar-refractivity contribution in [2.45, 2.75) is 6.54 Å². The molecule has 0 atom stereocenters. The van der Waals surface area contributed by atoms with Gasteiger partial charge in [0.05, 0.1) is 28.5 Å². The van der Waals surface area contributed by atoms with Gasteiger partial charge >= 0.3 is 0 Å². The van der Waals surface area contributed by atoms with E-state index in [0.717, 1.165) is 0 Å². The molecule has 3 N–H and O–H groups in total. The zero-order chi connectivity index (χ0) is 14.7. The molecule has 0 unspecified atom stereocenters. The molecule has 2 aromatic rings. The lowest BCUT2D eigenvalue weighted by molar-refractivity contribution is 0.102. The number of aromatic nitrogens is 3. The van der Waals surface area contributed by atoms with Gasteiger partial charge in [0.2, 0.25) is 0 Å². The molecule has 1 aromatic heterocycles. The molecule has 20 heavy (non-hydrogen) atoms. The van der Waals surface area contributed by atoms with Gasteiger partial charge in [-0.25, -0.2) is 0 Å². The van der Waals surface area contributed by atoms with Crippen LogP contribution in [0.5, 0.6) is 0 Å². The molecule has 0 saturated carbocycles. The van der Waals surface area contributed by atoms with Crippen LogP contribution in [0.1, 0.15) is 10.5 Å². The number of benzene rings is 1. The Kier molecular flexibility index (Phi) is 4.98. The number of nitrogens with two attached hydrogens (primary N) is 1. The third-order valence-corrected chi connectivity index (χ3v) is 4.18. The fourth-order valence-corrected chi connectivity index (χ4v) is 2.27. The molecule has 0 saturated heterocycles. The van der Waals surface area contributed by atoms with Crippen LogP contribution in [0, 0.1) is 0 Å². The van der Waals surface area contributed by atoms with Gasteiger partial charge in [-0.1, -0.05) is 28.4 Å². The number of halogens is 3. The highest BCUT2D eigenvalue weighted by Gasteiger charge is 2.14. The number of anilines is 1. The Morgan fingerprint density at radius 2 is 2.15 bits per heavy atom. The van der Waals surface area contributed by atoms with E-state index in [4.69, 9.17) is 28.9 Å². The Morgan fingerprint density at radius 3 is 2.85 bits per heavy atom. The molecule has 6 nitrogen and oxygen atoms in total. The van der Waals surface area contributed by atoms with Crippen molar-refractivity contribution >= 4 is 50.7 Å². The lowest BCUT2D eigenvalue weighted by atomic mass is 10.3. The van der Waals surface area contributed by atoms with Crippen molar-refractivity contribution in [3.05, 3.63) is 38.5 Å². The summed E-state index contributed by atoms with van der Waals surface area (Å²) in [6, 6.07) is 3.33. The van der Waals surface area contributed by atoms with E-state index >= 15 is 0 Å². The summed E-state index contributed by atoms with van der Waals surface area (Å²) in [7, 11) is 0. The van der Waals surface area contributed by atoms with Gasteiger partial charge in [-0.15, -0.1) is 5.10 Å². The van der Waals surface area contributed by atoms with Gasteiger partial charge in [-0.2, -0.15) is 0 Å². The molecule has 0 aliphatic rings. The predicted molar refractivity (Wildman–Crippen MR) is 81.2 cm³/mol. The number of nitrogens with zero attached hydrogens (tertiary/aromatic N) is 3. The van der Waals surface area contributed by atoms with Gasteiger partial charge in [-0.05, 0) is 28.1 Å². The van der Waals surface area contributed by atoms with Crippen LogP contribution in [-0.2, 0) is 6.54 Å². The zero-order valence-corrected chi connectivity index (χ0v) is 13.2. The van der Waals surface area contributed by atoms with Gasteiger partial charge in [-0.3, -0.25) is 9.48 Å². The van der Waals surface area contributed by atoms with E-state index in [0.29, 0.717) is 28.3 Å². The van der Waals surface area contributed by atoms with E-state index in [1.165, 1.54) is 10.9 Å². The molecule has 0 radical (unpaired) electrons. The first-order valence-corrected chi connectivity index (χ1v) is 7.13. The Morgan fingerprint density at radius 1 is 1.40 bits per heavy atom. The van der Waals surface area contributed by atoms with Crippen LogP contribution >= 0.6 is 39.1 Å². The Hall–Kier alpha value is -1.15. The Labute approximate surface area is 133 Å². The minimum absolute atomic E-state index is 0.175. The van der Waals surface area contributed by atoms with Crippen LogP contribution in [-0.4, -0.2) is 27.4 Å². The molecular weight excluding hydrogens is 369 g/mol. The molecule has 1 heterocycles. The first-order chi connectivity index (χ1) is 9.52. The normalized spacial score (nSPS) is 10.6. The van der Waals surface area contributed by atoms with Crippen LogP contribution < -0.4 is 11.1 Å². The highest BCUT2D eigenvalue weighted by atomic mass is 79.9. The van der Waals surface area contributed by atoms with Crippen LogP contribution in [0.4, 0.5) is 5.69 Å². The van der Waals surface area contributed by atoms with Gasteiger partial charge in [0.15, 0.2) is 5.69 Å². The van der Waals surface area contributed by atoms with Crippen molar-refractivity contribution in [3.63, 3.8) is 0 Å². The van der Waals surface area contributed by atoms with Crippen molar-refractivity contribution in [1.82, 2.24) is 15.0 Å². The maximum Gasteiger partial charge on any atom is 0.277 e. The summed E-state index contributed by atoms with van der Waals surface area (Å²) in [5, 5.41) is 10.8. The highest BCUT2D eigenvalue weighted by molar-refractivity contribution is 9.10. The molecule has 0 aliphatic carbocycles. The van der Waals surface area contributed by atoms with E-state index in [9.17, 15) is 4.79 Å². The summed E-state index contributed by atoms with van der Waals surface area (Å²) in [6.45, 7) is 0.906. The second-order valence-electron chi connectivity index (χ2n) is 3.83. The number of amides is 1. The molecule has 106 valence electrons. The topological polar surface area (TPSA) is 85.8 Å². The van der Waals surface area contributed by atoms with E-state index in [1.807, 2.05) is 0 Å². The second kappa shape index (κ2) is 6.53. The molecule has 9 heteroatoms. The van der Waals surface area contributed by atoms with E-state index in [1.54, 1.807) is 12.1 Å². The third kappa shape index (κ3) is 3.29. The van der Waals surface area contributed by atoms with E-state index < -0.39 is 5.91 Å².